The molecule has 0 aromatic heterocycles. The number of rotatable bonds is 5. The number of benzene rings is 2. The van der Waals surface area contributed by atoms with E-state index in [-0.39, 0.29) is 11.8 Å². The molecule has 0 saturated carbocycles. The zero-order valence-corrected chi connectivity index (χ0v) is 18.1. The number of carbonyl (C=O) groups is 2. The van der Waals surface area contributed by atoms with Gasteiger partial charge in [0.15, 0.2) is 0 Å². The fourth-order valence-electron chi connectivity index (χ4n) is 3.00. The van der Waals surface area contributed by atoms with Gasteiger partial charge in [-0.1, -0.05) is 12.1 Å². The third-order valence-corrected chi connectivity index (χ3v) is 6.25. The van der Waals surface area contributed by atoms with Crippen molar-refractivity contribution in [2.75, 3.05) is 27.9 Å². The van der Waals surface area contributed by atoms with E-state index < -0.39 is 16.1 Å². The summed E-state index contributed by atoms with van der Waals surface area (Å²) in [6, 6.07) is 11.4. The molecule has 1 fully saturated rings. The lowest BCUT2D eigenvalue weighted by molar-refractivity contribution is -0.119. The average molecular weight is 434 g/mol. The van der Waals surface area contributed by atoms with Crippen LogP contribution in [0.15, 0.2) is 42.5 Å². The van der Waals surface area contributed by atoms with Crippen molar-refractivity contribution >= 4 is 45.0 Å². The van der Waals surface area contributed by atoms with Crippen LogP contribution in [0, 0.1) is 13.8 Å². The molecule has 2 aromatic rings. The van der Waals surface area contributed by atoms with E-state index in [0.717, 1.165) is 17.4 Å². The van der Waals surface area contributed by atoms with Crippen LogP contribution < -0.4 is 10.0 Å². The van der Waals surface area contributed by atoms with Crippen molar-refractivity contribution in [1.29, 1.82) is 0 Å². The Labute approximate surface area is 174 Å². The largest absolute Gasteiger partial charge is 0.324 e. The van der Waals surface area contributed by atoms with Gasteiger partial charge in [-0.3, -0.25) is 14.3 Å². The normalized spacial score (nSPS) is 16.5. The van der Waals surface area contributed by atoms with Crippen LogP contribution in [0.5, 0.6) is 0 Å². The number of sulfonamides is 1. The summed E-state index contributed by atoms with van der Waals surface area (Å²) in [4.78, 5) is 27.3. The Bertz CT molecular complexity index is 1050. The van der Waals surface area contributed by atoms with E-state index in [2.05, 4.69) is 10.0 Å². The minimum Gasteiger partial charge on any atom is -0.324 e. The molecule has 3 rings (SSSR count). The first kappa shape index (κ1) is 21.2. The van der Waals surface area contributed by atoms with Gasteiger partial charge < -0.3 is 10.2 Å². The molecule has 7 nitrogen and oxygen atoms in total. The minimum atomic E-state index is -3.45. The van der Waals surface area contributed by atoms with Crippen LogP contribution in [0.1, 0.15) is 21.5 Å². The lowest BCUT2D eigenvalue weighted by Crippen LogP contribution is -2.44. The third-order valence-electron chi connectivity index (χ3n) is 4.63. The van der Waals surface area contributed by atoms with Crippen LogP contribution in [-0.4, -0.2) is 49.1 Å². The number of nitrogens with zero attached hydrogens (tertiary/aromatic N) is 1. The number of amides is 2. The molecule has 1 atom stereocenters. The molecule has 1 unspecified atom stereocenters. The van der Waals surface area contributed by atoms with Gasteiger partial charge >= 0.3 is 0 Å². The van der Waals surface area contributed by atoms with E-state index >= 15 is 0 Å². The van der Waals surface area contributed by atoms with Crippen molar-refractivity contribution in [2.24, 2.45) is 0 Å². The van der Waals surface area contributed by atoms with Gasteiger partial charge in [-0.05, 0) is 55.3 Å². The predicted molar refractivity (Wildman–Crippen MR) is 117 cm³/mol. The fraction of sp³-hybridized carbons (Fsp3) is 0.300. The van der Waals surface area contributed by atoms with E-state index in [4.69, 9.17) is 0 Å². The molecule has 154 valence electrons. The summed E-state index contributed by atoms with van der Waals surface area (Å²) < 4.78 is 25.2. The van der Waals surface area contributed by atoms with Crippen LogP contribution in [0.2, 0.25) is 0 Å². The number of hydrogen-bond donors (Lipinski definition) is 2. The second-order valence-electron chi connectivity index (χ2n) is 7.03. The lowest BCUT2D eigenvalue weighted by atomic mass is 10.1. The Kier molecular flexibility index (Phi) is 6.18. The first-order valence-electron chi connectivity index (χ1n) is 8.99. The zero-order chi connectivity index (χ0) is 21.2. The van der Waals surface area contributed by atoms with Gasteiger partial charge in [-0.25, -0.2) is 8.42 Å². The summed E-state index contributed by atoms with van der Waals surface area (Å²) in [7, 11) is -3.45. The number of nitrogens with one attached hydrogen (secondary N) is 2. The van der Waals surface area contributed by atoms with Crippen molar-refractivity contribution in [3.05, 3.63) is 59.2 Å². The molecule has 2 aromatic carbocycles. The van der Waals surface area contributed by atoms with Crippen molar-refractivity contribution in [3.8, 4) is 0 Å². The Hall–Kier alpha value is -2.52. The summed E-state index contributed by atoms with van der Waals surface area (Å²) in [6.45, 7) is 3.98. The molecule has 1 saturated heterocycles. The van der Waals surface area contributed by atoms with E-state index in [1.807, 2.05) is 32.0 Å². The molecule has 29 heavy (non-hydrogen) atoms. The standard InChI is InChI=1S/C20H23N3O4S2/c1-13-7-8-16(9-14(13)2)21-19(24)18-11-28-12-23(18)20(25)15-5-4-6-17(10-15)22-29(3,26)27/h4-10,18,22H,11-12H2,1-3H3,(H,21,24). The SMILES string of the molecule is Cc1ccc(NC(=O)C2CSCN2C(=O)c2cccc(NS(C)(=O)=O)c2)cc1C. The van der Waals surface area contributed by atoms with Gasteiger partial charge in [0.25, 0.3) is 5.91 Å². The second kappa shape index (κ2) is 8.46. The summed E-state index contributed by atoms with van der Waals surface area (Å²) in [5.74, 6) is 0.349. The number of thioether (sulfide) groups is 1. The van der Waals surface area contributed by atoms with Crippen molar-refractivity contribution in [2.45, 2.75) is 19.9 Å². The number of hydrogen-bond acceptors (Lipinski definition) is 5. The predicted octanol–water partition coefficient (Wildman–Crippen LogP) is 2.83. The molecule has 2 amide bonds. The Balaban J connectivity index is 1.76. The molecule has 2 N–H and O–H groups in total. The van der Waals surface area contributed by atoms with E-state index in [9.17, 15) is 18.0 Å². The maximum absolute atomic E-state index is 13.0. The highest BCUT2D eigenvalue weighted by Crippen LogP contribution is 2.25. The maximum Gasteiger partial charge on any atom is 0.255 e. The third kappa shape index (κ3) is 5.30. The Morgan fingerprint density at radius 1 is 1.07 bits per heavy atom. The highest BCUT2D eigenvalue weighted by Gasteiger charge is 2.35. The first-order valence-corrected chi connectivity index (χ1v) is 12.0. The second-order valence-corrected chi connectivity index (χ2v) is 9.78. The first-order chi connectivity index (χ1) is 13.6. The summed E-state index contributed by atoms with van der Waals surface area (Å²) in [5, 5.41) is 2.89. The lowest BCUT2D eigenvalue weighted by Gasteiger charge is -2.23. The van der Waals surface area contributed by atoms with Crippen LogP contribution in [-0.2, 0) is 14.8 Å². The van der Waals surface area contributed by atoms with Crippen LogP contribution in [0.25, 0.3) is 0 Å². The highest BCUT2D eigenvalue weighted by molar-refractivity contribution is 7.99. The van der Waals surface area contributed by atoms with Crippen molar-refractivity contribution in [3.63, 3.8) is 0 Å². The summed E-state index contributed by atoms with van der Waals surface area (Å²) in [5.41, 5.74) is 3.54. The van der Waals surface area contributed by atoms with Crippen LogP contribution in [0.3, 0.4) is 0 Å². The summed E-state index contributed by atoms with van der Waals surface area (Å²) in [6.07, 6.45) is 1.05. The molecule has 0 aliphatic carbocycles. The van der Waals surface area contributed by atoms with Gasteiger partial charge in [0.05, 0.1) is 12.1 Å². The Morgan fingerprint density at radius 2 is 1.83 bits per heavy atom. The monoisotopic (exact) mass is 433 g/mol. The van der Waals surface area contributed by atoms with Gasteiger partial charge in [-0.15, -0.1) is 11.8 Å². The molecular weight excluding hydrogens is 410 g/mol. The molecule has 1 aliphatic rings. The maximum atomic E-state index is 13.0. The molecule has 0 bridgehead atoms. The highest BCUT2D eigenvalue weighted by atomic mass is 32.2. The fourth-order valence-corrected chi connectivity index (χ4v) is 4.71. The molecular formula is C20H23N3O4S2. The smallest absolute Gasteiger partial charge is 0.255 e. The average Bonchev–Trinajstić information content (AvgIpc) is 3.13. The summed E-state index contributed by atoms with van der Waals surface area (Å²) >= 11 is 1.50. The van der Waals surface area contributed by atoms with E-state index in [1.54, 1.807) is 18.2 Å². The zero-order valence-electron chi connectivity index (χ0n) is 16.4. The van der Waals surface area contributed by atoms with Crippen molar-refractivity contribution < 1.29 is 18.0 Å². The quantitative estimate of drug-likeness (QED) is 0.756. The van der Waals surface area contributed by atoms with Gasteiger partial charge in [0, 0.05) is 22.7 Å². The number of carbonyl (C=O) groups excluding carboxylic acids is 2. The van der Waals surface area contributed by atoms with Gasteiger partial charge in [0.1, 0.15) is 6.04 Å². The van der Waals surface area contributed by atoms with Gasteiger partial charge in [0.2, 0.25) is 15.9 Å². The molecule has 0 spiro atoms. The molecule has 9 heteroatoms. The molecule has 1 aliphatic heterocycles. The Morgan fingerprint density at radius 3 is 2.52 bits per heavy atom. The number of anilines is 2. The number of aryl methyl sites for hydroxylation is 2. The van der Waals surface area contributed by atoms with Gasteiger partial charge in [-0.2, -0.15) is 0 Å². The topological polar surface area (TPSA) is 95.6 Å². The van der Waals surface area contributed by atoms with Crippen LogP contribution >= 0.6 is 11.8 Å². The van der Waals surface area contributed by atoms with E-state index in [0.29, 0.717) is 28.6 Å². The molecule has 0 radical (unpaired) electrons. The van der Waals surface area contributed by atoms with Crippen molar-refractivity contribution in [1.82, 2.24) is 4.90 Å². The minimum absolute atomic E-state index is 0.239. The van der Waals surface area contributed by atoms with E-state index in [1.165, 1.54) is 22.7 Å². The molecule has 1 heterocycles. The van der Waals surface area contributed by atoms with Crippen LogP contribution in [0.4, 0.5) is 11.4 Å².